The number of benzene rings is 1. The highest BCUT2D eigenvalue weighted by molar-refractivity contribution is 9.10. The van der Waals surface area contributed by atoms with E-state index >= 15 is 0 Å². The Morgan fingerprint density at radius 3 is 2.55 bits per heavy atom. The molecule has 1 aliphatic carbocycles. The Morgan fingerprint density at radius 1 is 1.27 bits per heavy atom. The number of anilines is 1. The van der Waals surface area contributed by atoms with Crippen LogP contribution in [0.3, 0.4) is 0 Å². The molecule has 2 rings (SSSR count). The van der Waals surface area contributed by atoms with Gasteiger partial charge >= 0.3 is 12.0 Å². The van der Waals surface area contributed by atoms with Gasteiger partial charge in [-0.1, -0.05) is 22.9 Å². The third kappa shape index (κ3) is 4.47. The maximum Gasteiger partial charge on any atom is 0.319 e. The lowest BCUT2D eigenvalue weighted by atomic mass is 9.86. The Kier molecular flexibility index (Phi) is 5.83. The zero-order valence-corrected chi connectivity index (χ0v) is 14.1. The highest BCUT2D eigenvalue weighted by Gasteiger charge is 2.26. The van der Waals surface area contributed by atoms with E-state index in [1.54, 1.807) is 0 Å². The van der Waals surface area contributed by atoms with Crippen molar-refractivity contribution in [3.05, 3.63) is 28.2 Å². The van der Waals surface area contributed by atoms with Crippen LogP contribution in [0.2, 0.25) is 0 Å². The van der Waals surface area contributed by atoms with Crippen molar-refractivity contribution >= 4 is 33.6 Å². The number of nitrogens with one attached hydrogen (secondary N) is 2. The Labute approximate surface area is 138 Å². The largest absolute Gasteiger partial charge is 0.481 e. The van der Waals surface area contributed by atoms with E-state index in [1.165, 1.54) is 0 Å². The smallest absolute Gasteiger partial charge is 0.319 e. The fraction of sp³-hybridized carbons (Fsp3) is 0.500. The average Bonchev–Trinajstić information content (AvgIpc) is 2.49. The molecule has 0 heterocycles. The molecule has 0 unspecified atom stereocenters. The number of carbonyl (C=O) groups is 2. The van der Waals surface area contributed by atoms with E-state index in [-0.39, 0.29) is 18.0 Å². The molecule has 0 spiro atoms. The highest BCUT2D eigenvalue weighted by atomic mass is 79.9. The Bertz CT molecular complexity index is 554. The van der Waals surface area contributed by atoms with E-state index in [2.05, 4.69) is 26.6 Å². The molecule has 1 aromatic carbocycles. The quantitative estimate of drug-likeness (QED) is 0.756. The number of carboxylic acid groups (broad SMARTS) is 1. The molecule has 1 aromatic rings. The van der Waals surface area contributed by atoms with Gasteiger partial charge in [-0.25, -0.2) is 4.79 Å². The number of rotatable bonds is 4. The minimum Gasteiger partial charge on any atom is -0.481 e. The molecule has 2 amide bonds. The van der Waals surface area contributed by atoms with Crippen LogP contribution in [0.25, 0.3) is 0 Å². The average molecular weight is 369 g/mol. The van der Waals surface area contributed by atoms with Gasteiger partial charge in [0, 0.05) is 16.2 Å². The second-order valence-electron chi connectivity index (χ2n) is 5.64. The lowest BCUT2D eigenvalue weighted by molar-refractivity contribution is -0.142. The number of carbonyl (C=O) groups excluding carboxylic acids is 1. The van der Waals surface area contributed by atoms with Gasteiger partial charge < -0.3 is 15.7 Å². The fourth-order valence-corrected chi connectivity index (χ4v) is 3.21. The number of hydrogen-bond acceptors (Lipinski definition) is 2. The Balaban J connectivity index is 1.87. The lowest BCUT2D eigenvalue weighted by Crippen LogP contribution is -2.41. The van der Waals surface area contributed by atoms with E-state index in [9.17, 15) is 9.59 Å². The van der Waals surface area contributed by atoms with Crippen LogP contribution in [-0.4, -0.2) is 23.1 Å². The van der Waals surface area contributed by atoms with Gasteiger partial charge in [-0.3, -0.25) is 4.79 Å². The van der Waals surface area contributed by atoms with E-state index in [4.69, 9.17) is 5.11 Å². The molecule has 0 bridgehead atoms. The minimum atomic E-state index is -0.731. The number of urea groups is 1. The highest BCUT2D eigenvalue weighted by Crippen LogP contribution is 2.25. The van der Waals surface area contributed by atoms with E-state index in [0.29, 0.717) is 25.7 Å². The summed E-state index contributed by atoms with van der Waals surface area (Å²) in [5.74, 6) is -0.996. The third-order valence-corrected chi connectivity index (χ3v) is 4.60. The summed E-state index contributed by atoms with van der Waals surface area (Å²) < 4.78 is 0.988. The summed E-state index contributed by atoms with van der Waals surface area (Å²) in [7, 11) is 0. The van der Waals surface area contributed by atoms with Crippen molar-refractivity contribution in [3.63, 3.8) is 0 Å². The first kappa shape index (κ1) is 16.8. The summed E-state index contributed by atoms with van der Waals surface area (Å²) in [6.07, 6.45) is 3.51. The summed E-state index contributed by atoms with van der Waals surface area (Å²) in [4.78, 5) is 23.0. The molecule has 0 aliphatic heterocycles. The molecule has 0 atom stereocenters. The molecule has 0 aromatic heterocycles. The van der Waals surface area contributed by atoms with Crippen LogP contribution in [0.4, 0.5) is 10.5 Å². The Morgan fingerprint density at radius 2 is 1.95 bits per heavy atom. The van der Waals surface area contributed by atoms with Gasteiger partial charge in [0.2, 0.25) is 0 Å². The summed E-state index contributed by atoms with van der Waals surface area (Å²) in [5.41, 5.74) is 1.88. The van der Waals surface area contributed by atoms with Crippen molar-refractivity contribution in [2.45, 2.75) is 45.1 Å². The molecule has 1 aliphatic rings. The van der Waals surface area contributed by atoms with Crippen molar-refractivity contribution < 1.29 is 14.7 Å². The molecule has 1 saturated carbocycles. The number of halogens is 1. The van der Waals surface area contributed by atoms with Crippen LogP contribution < -0.4 is 10.6 Å². The summed E-state index contributed by atoms with van der Waals surface area (Å²) in [6.45, 7) is 2.04. The van der Waals surface area contributed by atoms with Crippen molar-refractivity contribution in [1.29, 1.82) is 0 Å². The van der Waals surface area contributed by atoms with Crippen molar-refractivity contribution in [2.24, 2.45) is 5.92 Å². The normalized spacial score (nSPS) is 21.2. The minimum absolute atomic E-state index is 0.0520. The first-order valence-electron chi connectivity index (χ1n) is 7.58. The first-order chi connectivity index (χ1) is 10.5. The third-order valence-electron chi connectivity index (χ3n) is 4.11. The molecule has 22 heavy (non-hydrogen) atoms. The number of amides is 2. The van der Waals surface area contributed by atoms with Gasteiger partial charge in [-0.2, -0.15) is 0 Å². The zero-order valence-electron chi connectivity index (χ0n) is 12.6. The van der Waals surface area contributed by atoms with Crippen LogP contribution in [0.1, 0.15) is 38.2 Å². The number of aliphatic carboxylic acids is 1. The topological polar surface area (TPSA) is 78.4 Å². The summed E-state index contributed by atoms with van der Waals surface area (Å²) in [6, 6.07) is 5.59. The molecule has 1 fully saturated rings. The maximum absolute atomic E-state index is 12.1. The Hall–Kier alpha value is -1.56. The van der Waals surface area contributed by atoms with Gasteiger partial charge in [0.25, 0.3) is 0 Å². The SMILES string of the molecule is CCc1cc(Br)ccc1NC(=O)NC1CCC(C(=O)O)CC1. The summed E-state index contributed by atoms with van der Waals surface area (Å²) in [5, 5.41) is 14.8. The number of aryl methyl sites for hydroxylation is 1. The van der Waals surface area contributed by atoms with Gasteiger partial charge in [0.05, 0.1) is 5.92 Å². The maximum atomic E-state index is 12.1. The van der Waals surface area contributed by atoms with Crippen molar-refractivity contribution in [2.75, 3.05) is 5.32 Å². The van der Waals surface area contributed by atoms with E-state index < -0.39 is 5.97 Å². The van der Waals surface area contributed by atoms with E-state index in [1.807, 2.05) is 25.1 Å². The number of carboxylic acids is 1. The lowest BCUT2D eigenvalue weighted by Gasteiger charge is -2.27. The molecule has 3 N–H and O–H groups in total. The second-order valence-corrected chi connectivity index (χ2v) is 6.56. The van der Waals surface area contributed by atoms with Crippen LogP contribution in [-0.2, 0) is 11.2 Å². The van der Waals surface area contributed by atoms with Gasteiger partial charge in [-0.15, -0.1) is 0 Å². The first-order valence-corrected chi connectivity index (χ1v) is 8.37. The number of hydrogen-bond donors (Lipinski definition) is 3. The zero-order chi connectivity index (χ0) is 16.1. The monoisotopic (exact) mass is 368 g/mol. The second kappa shape index (κ2) is 7.63. The fourth-order valence-electron chi connectivity index (χ4n) is 2.81. The van der Waals surface area contributed by atoms with Gasteiger partial charge in [0.15, 0.2) is 0 Å². The predicted octanol–water partition coefficient (Wildman–Crippen LogP) is 3.78. The molecule has 0 saturated heterocycles. The van der Waals surface area contributed by atoms with Crippen LogP contribution in [0.15, 0.2) is 22.7 Å². The van der Waals surface area contributed by atoms with E-state index in [0.717, 1.165) is 22.1 Å². The van der Waals surface area contributed by atoms with Crippen molar-refractivity contribution in [1.82, 2.24) is 5.32 Å². The van der Waals surface area contributed by atoms with Gasteiger partial charge in [0.1, 0.15) is 0 Å². The molecule has 120 valence electrons. The molecule has 0 radical (unpaired) electrons. The van der Waals surface area contributed by atoms with Crippen LogP contribution >= 0.6 is 15.9 Å². The van der Waals surface area contributed by atoms with Crippen molar-refractivity contribution in [3.8, 4) is 0 Å². The van der Waals surface area contributed by atoms with Gasteiger partial charge in [-0.05, 0) is 55.9 Å². The summed E-state index contributed by atoms with van der Waals surface area (Å²) >= 11 is 3.42. The predicted molar refractivity (Wildman–Crippen MR) is 89.1 cm³/mol. The molecule has 6 heteroatoms. The van der Waals surface area contributed by atoms with Crippen LogP contribution in [0.5, 0.6) is 0 Å². The standard InChI is InChI=1S/C16H21BrN2O3/c1-2-10-9-12(17)5-8-14(10)19-16(22)18-13-6-3-11(4-7-13)15(20)21/h5,8-9,11,13H,2-4,6-7H2,1H3,(H,20,21)(H2,18,19,22). The molecular weight excluding hydrogens is 348 g/mol. The molecule has 5 nitrogen and oxygen atoms in total. The van der Waals surface area contributed by atoms with Crippen LogP contribution in [0, 0.1) is 5.92 Å². The molecular formula is C16H21BrN2O3.